The topological polar surface area (TPSA) is 67.2 Å². The summed E-state index contributed by atoms with van der Waals surface area (Å²) in [7, 11) is 0. The van der Waals surface area contributed by atoms with Crippen LogP contribution in [0.1, 0.15) is 87.1 Å². The van der Waals surface area contributed by atoms with Gasteiger partial charge >= 0.3 is 0 Å². The maximum absolute atomic E-state index is 13.9. The lowest BCUT2D eigenvalue weighted by atomic mass is 9.90. The first-order valence-electron chi connectivity index (χ1n) is 11.8. The largest absolute Gasteiger partial charge is 0.351 e. The number of aromatic nitrogens is 2. The quantitative estimate of drug-likeness (QED) is 0.761. The van der Waals surface area contributed by atoms with Gasteiger partial charge in [-0.2, -0.15) is 5.10 Å². The molecule has 0 radical (unpaired) electrons. The van der Waals surface area contributed by atoms with Crippen molar-refractivity contribution in [3.8, 4) is 0 Å². The Morgan fingerprint density at radius 1 is 1.12 bits per heavy atom. The number of nitrogens with zero attached hydrogens (tertiary/aromatic N) is 3. The van der Waals surface area contributed by atoms with E-state index in [-0.39, 0.29) is 23.3 Å². The van der Waals surface area contributed by atoms with Gasteiger partial charge in [0.05, 0.1) is 12.2 Å². The van der Waals surface area contributed by atoms with E-state index in [0.717, 1.165) is 48.2 Å². The van der Waals surface area contributed by atoms with E-state index in [4.69, 9.17) is 5.10 Å². The molecule has 2 aromatic rings. The second kappa shape index (κ2) is 8.05. The number of aryl methyl sites for hydroxylation is 2. The second-order valence-electron chi connectivity index (χ2n) is 10.8. The van der Waals surface area contributed by atoms with Crippen LogP contribution in [0.5, 0.6) is 0 Å². The summed E-state index contributed by atoms with van der Waals surface area (Å²) < 4.78 is 1.74. The minimum absolute atomic E-state index is 0.101. The van der Waals surface area contributed by atoms with Crippen LogP contribution < -0.4 is 10.2 Å². The summed E-state index contributed by atoms with van der Waals surface area (Å²) in [6.07, 6.45) is 5.50. The molecule has 1 aromatic carbocycles. The summed E-state index contributed by atoms with van der Waals surface area (Å²) in [6.45, 7) is 12.5. The standard InChI is InChI=1S/C26H36N4O2/c1-17-12-13-20(18(2)14-17)30-23(31)21-15-22(25(3,4)5)28-29(21)16-26(30,6)24(32)27-19-10-8-7-9-11-19/h12-15,19H,7-11,16H2,1-6H3,(H,27,32). The molecule has 1 unspecified atom stereocenters. The minimum Gasteiger partial charge on any atom is -0.351 e. The Labute approximate surface area is 191 Å². The number of rotatable bonds is 3. The number of hydrogen-bond donors (Lipinski definition) is 1. The normalized spacial score (nSPS) is 22.1. The van der Waals surface area contributed by atoms with Crippen molar-refractivity contribution in [1.29, 1.82) is 0 Å². The Hall–Kier alpha value is -2.63. The van der Waals surface area contributed by atoms with Gasteiger partial charge in [0.25, 0.3) is 5.91 Å². The van der Waals surface area contributed by atoms with Gasteiger partial charge in [-0.1, -0.05) is 57.7 Å². The lowest BCUT2D eigenvalue weighted by Gasteiger charge is -2.44. The zero-order valence-electron chi connectivity index (χ0n) is 20.3. The number of benzene rings is 1. The van der Waals surface area contributed by atoms with Crippen LogP contribution in [0.3, 0.4) is 0 Å². The summed E-state index contributed by atoms with van der Waals surface area (Å²) in [6, 6.07) is 8.09. The van der Waals surface area contributed by atoms with Gasteiger partial charge in [-0.05, 0) is 51.3 Å². The molecule has 2 amide bonds. The molecule has 6 nitrogen and oxygen atoms in total. The zero-order valence-corrected chi connectivity index (χ0v) is 20.3. The third-order valence-corrected chi connectivity index (χ3v) is 6.94. The number of carbonyl (C=O) groups is 2. The highest BCUT2D eigenvalue weighted by Crippen LogP contribution is 2.36. The highest BCUT2D eigenvalue weighted by atomic mass is 16.2. The van der Waals surface area contributed by atoms with Crippen LogP contribution in [-0.2, 0) is 16.8 Å². The molecule has 2 aliphatic rings. The van der Waals surface area contributed by atoms with Gasteiger partial charge in [0.15, 0.2) is 0 Å². The maximum Gasteiger partial charge on any atom is 0.277 e. The average Bonchev–Trinajstić information content (AvgIpc) is 3.15. The van der Waals surface area contributed by atoms with Crippen molar-refractivity contribution >= 4 is 17.5 Å². The van der Waals surface area contributed by atoms with Crippen LogP contribution in [0.4, 0.5) is 5.69 Å². The fourth-order valence-electron chi connectivity index (χ4n) is 4.97. The van der Waals surface area contributed by atoms with Gasteiger partial charge in [0, 0.05) is 17.1 Å². The van der Waals surface area contributed by atoms with Crippen LogP contribution in [-0.4, -0.2) is 33.2 Å². The molecule has 1 saturated carbocycles. The molecule has 1 aliphatic heterocycles. The lowest BCUT2D eigenvalue weighted by molar-refractivity contribution is -0.127. The van der Waals surface area contributed by atoms with E-state index < -0.39 is 5.54 Å². The third-order valence-electron chi connectivity index (χ3n) is 6.94. The monoisotopic (exact) mass is 436 g/mol. The number of fused-ring (bicyclic) bond motifs is 1. The molecular weight excluding hydrogens is 400 g/mol. The number of anilines is 1. The molecule has 6 heteroatoms. The summed E-state index contributed by atoms with van der Waals surface area (Å²) >= 11 is 0. The summed E-state index contributed by atoms with van der Waals surface area (Å²) in [5.74, 6) is -0.274. The summed E-state index contributed by atoms with van der Waals surface area (Å²) in [4.78, 5) is 29.4. The number of hydrogen-bond acceptors (Lipinski definition) is 3. The van der Waals surface area contributed by atoms with Crippen LogP contribution in [0, 0.1) is 13.8 Å². The predicted octanol–water partition coefficient (Wildman–Crippen LogP) is 4.67. The Kier molecular flexibility index (Phi) is 5.68. The van der Waals surface area contributed by atoms with Crippen LogP contribution >= 0.6 is 0 Å². The highest BCUT2D eigenvalue weighted by Gasteiger charge is 2.50. The molecule has 2 heterocycles. The van der Waals surface area contributed by atoms with E-state index in [0.29, 0.717) is 12.2 Å². The fraction of sp³-hybridized carbons (Fsp3) is 0.577. The van der Waals surface area contributed by atoms with Crippen molar-refractivity contribution in [3.05, 3.63) is 46.8 Å². The number of nitrogens with one attached hydrogen (secondary N) is 1. The Balaban J connectivity index is 1.80. The first-order chi connectivity index (χ1) is 15.0. The molecule has 0 bridgehead atoms. The van der Waals surface area contributed by atoms with E-state index in [1.807, 2.05) is 39.0 Å². The Morgan fingerprint density at radius 2 is 1.81 bits per heavy atom. The molecule has 0 spiro atoms. The molecule has 172 valence electrons. The first kappa shape index (κ1) is 22.6. The molecule has 1 N–H and O–H groups in total. The van der Waals surface area contributed by atoms with E-state index in [1.54, 1.807) is 9.58 Å². The van der Waals surface area contributed by atoms with Gasteiger partial charge in [-0.15, -0.1) is 0 Å². The fourth-order valence-corrected chi connectivity index (χ4v) is 4.97. The molecular formula is C26H36N4O2. The van der Waals surface area contributed by atoms with E-state index in [9.17, 15) is 9.59 Å². The Bertz CT molecular complexity index is 1040. The van der Waals surface area contributed by atoms with E-state index >= 15 is 0 Å². The second-order valence-corrected chi connectivity index (χ2v) is 10.8. The molecule has 1 fully saturated rings. The van der Waals surface area contributed by atoms with E-state index in [2.05, 4.69) is 32.2 Å². The molecule has 1 aliphatic carbocycles. The number of amides is 2. The van der Waals surface area contributed by atoms with Crippen molar-refractivity contribution in [3.63, 3.8) is 0 Å². The average molecular weight is 437 g/mol. The lowest BCUT2D eigenvalue weighted by Crippen LogP contribution is -2.65. The first-order valence-corrected chi connectivity index (χ1v) is 11.8. The summed E-state index contributed by atoms with van der Waals surface area (Å²) in [5.41, 5.74) is 3.05. The number of carbonyl (C=O) groups excluding carboxylic acids is 2. The molecule has 32 heavy (non-hydrogen) atoms. The predicted molar refractivity (Wildman–Crippen MR) is 127 cm³/mol. The smallest absolute Gasteiger partial charge is 0.277 e. The summed E-state index contributed by atoms with van der Waals surface area (Å²) in [5, 5.41) is 8.03. The SMILES string of the molecule is Cc1ccc(N2C(=O)c3cc(C(C)(C)C)nn3CC2(C)C(=O)NC2CCCCC2)c(C)c1. The van der Waals surface area contributed by atoms with Gasteiger partial charge in [0.2, 0.25) is 5.91 Å². The van der Waals surface area contributed by atoms with Crippen LogP contribution in [0.15, 0.2) is 24.3 Å². The third kappa shape index (κ3) is 3.96. The molecule has 1 atom stereocenters. The van der Waals surface area contributed by atoms with Crippen LogP contribution in [0.2, 0.25) is 0 Å². The van der Waals surface area contributed by atoms with Gasteiger partial charge in [-0.3, -0.25) is 19.2 Å². The van der Waals surface area contributed by atoms with Crippen molar-refractivity contribution in [1.82, 2.24) is 15.1 Å². The Morgan fingerprint density at radius 3 is 2.44 bits per heavy atom. The van der Waals surface area contributed by atoms with Crippen molar-refractivity contribution in [2.75, 3.05) is 4.90 Å². The van der Waals surface area contributed by atoms with Crippen molar-refractivity contribution < 1.29 is 9.59 Å². The van der Waals surface area contributed by atoms with Crippen LogP contribution in [0.25, 0.3) is 0 Å². The minimum atomic E-state index is -1.07. The maximum atomic E-state index is 13.9. The van der Waals surface area contributed by atoms with Crippen molar-refractivity contribution in [2.45, 2.75) is 97.2 Å². The molecule has 4 rings (SSSR count). The van der Waals surface area contributed by atoms with Gasteiger partial charge < -0.3 is 5.32 Å². The highest BCUT2D eigenvalue weighted by molar-refractivity contribution is 6.12. The molecule has 1 aromatic heterocycles. The zero-order chi connectivity index (χ0) is 23.3. The van der Waals surface area contributed by atoms with Crippen molar-refractivity contribution in [2.24, 2.45) is 0 Å². The molecule has 0 saturated heterocycles. The van der Waals surface area contributed by atoms with Gasteiger partial charge in [-0.25, -0.2) is 0 Å². The van der Waals surface area contributed by atoms with Gasteiger partial charge in [0.1, 0.15) is 11.2 Å². The van der Waals surface area contributed by atoms with E-state index in [1.165, 1.54) is 6.42 Å².